The fourth-order valence-electron chi connectivity index (χ4n) is 4.19. The van der Waals surface area contributed by atoms with Gasteiger partial charge in [0.05, 0.1) is 31.0 Å². The Balaban J connectivity index is 1.24. The molecule has 0 radical (unpaired) electrons. The number of hydrogen-bond acceptors (Lipinski definition) is 7. The molecule has 27 heavy (non-hydrogen) atoms. The van der Waals surface area contributed by atoms with Crippen molar-refractivity contribution in [2.75, 3.05) is 25.0 Å². The molecule has 1 saturated carbocycles. The molecule has 0 aromatic carbocycles. The van der Waals surface area contributed by atoms with E-state index < -0.39 is 0 Å². The number of likely N-dealkylation sites (tertiary alicyclic amines) is 1. The minimum Gasteiger partial charge on any atom is -0.371 e. The number of hydrogen-bond donors (Lipinski definition) is 1. The molecule has 2 unspecified atom stereocenters. The van der Waals surface area contributed by atoms with E-state index in [1.165, 1.54) is 0 Å². The number of ether oxygens (including phenoxy) is 1. The minimum atomic E-state index is -0.295. The van der Waals surface area contributed by atoms with E-state index in [-0.39, 0.29) is 17.6 Å². The molecule has 1 spiro atoms. The van der Waals surface area contributed by atoms with Gasteiger partial charge in [0.1, 0.15) is 11.6 Å². The summed E-state index contributed by atoms with van der Waals surface area (Å²) in [6, 6.07) is 1.99. The van der Waals surface area contributed by atoms with Crippen LogP contribution in [0.25, 0.3) is 0 Å². The quantitative estimate of drug-likeness (QED) is 0.883. The van der Waals surface area contributed by atoms with Gasteiger partial charge < -0.3 is 19.5 Å². The molecule has 4 heterocycles. The van der Waals surface area contributed by atoms with Crippen molar-refractivity contribution in [3.8, 4) is 0 Å². The van der Waals surface area contributed by atoms with Gasteiger partial charge in [0.15, 0.2) is 5.69 Å². The van der Waals surface area contributed by atoms with Crippen molar-refractivity contribution in [3.63, 3.8) is 0 Å². The van der Waals surface area contributed by atoms with Crippen LogP contribution >= 0.6 is 0 Å². The third kappa shape index (κ3) is 3.41. The first-order chi connectivity index (χ1) is 13.2. The van der Waals surface area contributed by atoms with Crippen LogP contribution in [0.2, 0.25) is 0 Å². The van der Waals surface area contributed by atoms with E-state index in [1.807, 2.05) is 11.0 Å². The normalized spacial score (nSPS) is 27.9. The van der Waals surface area contributed by atoms with Crippen molar-refractivity contribution in [1.82, 2.24) is 20.0 Å². The van der Waals surface area contributed by atoms with Crippen LogP contribution in [0.1, 0.15) is 54.3 Å². The van der Waals surface area contributed by atoms with Gasteiger partial charge in [0.2, 0.25) is 0 Å². The third-order valence-electron chi connectivity index (χ3n) is 5.68. The Hall–Kier alpha value is -2.48. The van der Waals surface area contributed by atoms with Crippen molar-refractivity contribution in [2.24, 2.45) is 0 Å². The lowest BCUT2D eigenvalue weighted by molar-refractivity contribution is -0.0449. The maximum atomic E-state index is 12.9. The monoisotopic (exact) mass is 369 g/mol. The first-order valence-electron chi connectivity index (χ1n) is 9.63. The van der Waals surface area contributed by atoms with Gasteiger partial charge in [-0.25, -0.2) is 4.98 Å². The van der Waals surface area contributed by atoms with Crippen LogP contribution in [0.5, 0.6) is 0 Å². The van der Waals surface area contributed by atoms with Crippen molar-refractivity contribution in [3.05, 3.63) is 36.1 Å². The molecule has 0 bridgehead atoms. The van der Waals surface area contributed by atoms with Gasteiger partial charge >= 0.3 is 0 Å². The molecule has 2 saturated heterocycles. The first-order valence-corrected chi connectivity index (χ1v) is 9.63. The molecule has 2 aromatic rings. The van der Waals surface area contributed by atoms with Gasteiger partial charge in [0, 0.05) is 37.3 Å². The van der Waals surface area contributed by atoms with Gasteiger partial charge in [-0.1, -0.05) is 5.16 Å². The van der Waals surface area contributed by atoms with Crippen LogP contribution in [0.3, 0.4) is 0 Å². The van der Waals surface area contributed by atoms with Crippen LogP contribution < -0.4 is 5.32 Å². The second-order valence-electron chi connectivity index (χ2n) is 7.85. The highest BCUT2D eigenvalue weighted by Gasteiger charge is 2.45. The van der Waals surface area contributed by atoms with Crippen LogP contribution in [-0.2, 0) is 4.74 Å². The second-order valence-corrected chi connectivity index (χ2v) is 7.85. The largest absolute Gasteiger partial charge is 0.371 e. The molecular weight excluding hydrogens is 346 g/mol. The van der Waals surface area contributed by atoms with Gasteiger partial charge in [-0.3, -0.25) is 9.78 Å². The fourth-order valence-corrected chi connectivity index (χ4v) is 4.19. The summed E-state index contributed by atoms with van der Waals surface area (Å²) in [7, 11) is 0. The number of nitrogens with one attached hydrogen (secondary N) is 1. The Morgan fingerprint density at radius 2 is 2.26 bits per heavy atom. The van der Waals surface area contributed by atoms with E-state index in [1.54, 1.807) is 18.6 Å². The van der Waals surface area contributed by atoms with Crippen molar-refractivity contribution < 1.29 is 14.1 Å². The molecular formula is C19H23N5O3. The van der Waals surface area contributed by atoms with Gasteiger partial charge in [-0.2, -0.15) is 0 Å². The second kappa shape index (κ2) is 6.60. The number of carbonyl (C=O) groups excluding carboxylic acids is 1. The zero-order valence-electron chi connectivity index (χ0n) is 15.1. The summed E-state index contributed by atoms with van der Waals surface area (Å²) in [4.78, 5) is 23.1. The Morgan fingerprint density at radius 1 is 1.33 bits per heavy atom. The summed E-state index contributed by atoms with van der Waals surface area (Å²) in [6.07, 6.45) is 10.0. The fraction of sp³-hybridized carbons (Fsp3) is 0.579. The molecule has 2 aliphatic heterocycles. The van der Waals surface area contributed by atoms with Crippen LogP contribution in [0.15, 0.2) is 29.2 Å². The Kier molecular flexibility index (Phi) is 4.07. The lowest BCUT2D eigenvalue weighted by Gasteiger charge is -2.39. The third-order valence-corrected chi connectivity index (χ3v) is 5.68. The predicted molar refractivity (Wildman–Crippen MR) is 96.4 cm³/mol. The van der Waals surface area contributed by atoms with Crippen molar-refractivity contribution in [1.29, 1.82) is 0 Å². The topological polar surface area (TPSA) is 93.4 Å². The highest BCUT2D eigenvalue weighted by Crippen LogP contribution is 2.40. The SMILES string of the molecule is O=C(c1cc(C2CC2)on1)N1CCCC2(CC(Nc3cnccn3)CO2)C1. The minimum absolute atomic E-state index is 0.0568. The predicted octanol–water partition coefficient (Wildman–Crippen LogP) is 2.22. The molecule has 3 fully saturated rings. The number of rotatable bonds is 4. The highest BCUT2D eigenvalue weighted by molar-refractivity contribution is 5.92. The van der Waals surface area contributed by atoms with Crippen LogP contribution in [-0.4, -0.2) is 57.3 Å². The summed E-state index contributed by atoms with van der Waals surface area (Å²) in [6.45, 7) is 1.93. The molecule has 3 aliphatic rings. The Bertz CT molecular complexity index is 822. The summed E-state index contributed by atoms with van der Waals surface area (Å²) in [5.41, 5.74) is 0.123. The molecule has 1 aliphatic carbocycles. The molecule has 1 amide bonds. The standard InChI is InChI=1S/C19H23N5O3/c25-18(15-8-16(27-23-15)13-2-3-13)24-7-1-4-19(12-24)9-14(11-26-19)22-17-10-20-5-6-21-17/h5-6,8,10,13-14H,1-4,7,9,11-12H2,(H,21,22). The smallest absolute Gasteiger partial charge is 0.276 e. The zero-order valence-corrected chi connectivity index (χ0v) is 15.1. The van der Waals surface area contributed by atoms with E-state index in [0.29, 0.717) is 24.8 Å². The van der Waals surface area contributed by atoms with Crippen LogP contribution in [0, 0.1) is 0 Å². The number of nitrogens with zero attached hydrogens (tertiary/aromatic N) is 4. The molecule has 2 aromatic heterocycles. The summed E-state index contributed by atoms with van der Waals surface area (Å²) in [5, 5.41) is 7.39. The average Bonchev–Trinajstić information content (AvgIpc) is 3.31. The number of amides is 1. The summed E-state index contributed by atoms with van der Waals surface area (Å²) in [5.74, 6) is 1.99. The highest BCUT2D eigenvalue weighted by atomic mass is 16.5. The van der Waals surface area contributed by atoms with Gasteiger partial charge in [-0.05, 0) is 25.7 Å². The number of piperidine rings is 1. The zero-order chi connectivity index (χ0) is 18.3. The van der Waals surface area contributed by atoms with E-state index in [9.17, 15) is 4.79 Å². The molecule has 8 heteroatoms. The van der Waals surface area contributed by atoms with Gasteiger partial charge in [-0.15, -0.1) is 0 Å². The van der Waals surface area contributed by atoms with Gasteiger partial charge in [0.25, 0.3) is 5.91 Å². The van der Waals surface area contributed by atoms with E-state index >= 15 is 0 Å². The number of aromatic nitrogens is 3. The lowest BCUT2D eigenvalue weighted by Crippen LogP contribution is -2.50. The molecule has 8 nitrogen and oxygen atoms in total. The lowest BCUT2D eigenvalue weighted by atomic mass is 9.88. The first kappa shape index (κ1) is 16.7. The maximum Gasteiger partial charge on any atom is 0.276 e. The maximum absolute atomic E-state index is 12.9. The summed E-state index contributed by atoms with van der Waals surface area (Å²) < 4.78 is 11.5. The van der Waals surface area contributed by atoms with Crippen molar-refractivity contribution >= 4 is 11.7 Å². The molecule has 5 rings (SSSR count). The van der Waals surface area contributed by atoms with E-state index in [4.69, 9.17) is 9.26 Å². The van der Waals surface area contributed by atoms with Crippen molar-refractivity contribution in [2.45, 2.75) is 49.7 Å². The molecule has 2 atom stereocenters. The number of carbonyl (C=O) groups is 1. The molecule has 142 valence electrons. The van der Waals surface area contributed by atoms with E-state index in [2.05, 4.69) is 20.4 Å². The average molecular weight is 369 g/mol. The Labute approximate surface area is 157 Å². The van der Waals surface area contributed by atoms with Crippen LogP contribution in [0.4, 0.5) is 5.82 Å². The Morgan fingerprint density at radius 3 is 3.07 bits per heavy atom. The number of anilines is 1. The van der Waals surface area contributed by atoms with E-state index in [0.717, 1.165) is 50.2 Å². The summed E-state index contributed by atoms with van der Waals surface area (Å²) >= 11 is 0. The molecule has 1 N–H and O–H groups in total.